The second kappa shape index (κ2) is 7.02. The molecule has 0 aromatic heterocycles. The van der Waals surface area contributed by atoms with E-state index in [4.69, 9.17) is 0 Å². The van der Waals surface area contributed by atoms with Crippen LogP contribution in [0.25, 0.3) is 0 Å². The zero-order valence-corrected chi connectivity index (χ0v) is 16.3. The van der Waals surface area contributed by atoms with Crippen molar-refractivity contribution in [2.45, 2.75) is 48.9 Å². The molecule has 2 N–H and O–H groups in total. The van der Waals surface area contributed by atoms with Crippen LogP contribution in [0.15, 0.2) is 52.3 Å². The predicted octanol–water partition coefficient (Wildman–Crippen LogP) is 2.80. The topological polar surface area (TPSA) is 92.3 Å². The van der Waals surface area contributed by atoms with Gasteiger partial charge in [0.25, 0.3) is 10.0 Å². The highest BCUT2D eigenvalue weighted by atomic mass is 32.2. The van der Waals surface area contributed by atoms with Crippen molar-refractivity contribution < 1.29 is 16.8 Å². The van der Waals surface area contributed by atoms with E-state index in [1.165, 1.54) is 24.3 Å². The molecule has 26 heavy (non-hydrogen) atoms. The molecule has 0 saturated heterocycles. The van der Waals surface area contributed by atoms with Crippen LogP contribution in [-0.2, 0) is 26.5 Å². The van der Waals surface area contributed by atoms with Crippen molar-refractivity contribution in [1.29, 1.82) is 0 Å². The van der Waals surface area contributed by atoms with Crippen molar-refractivity contribution in [3.8, 4) is 0 Å². The highest BCUT2D eigenvalue weighted by Crippen LogP contribution is 2.26. The summed E-state index contributed by atoms with van der Waals surface area (Å²) in [6, 6.07) is 10.9. The first-order valence-electron chi connectivity index (χ1n) is 8.46. The van der Waals surface area contributed by atoms with Gasteiger partial charge in [0.05, 0.1) is 15.5 Å². The van der Waals surface area contributed by atoms with Crippen molar-refractivity contribution in [3.63, 3.8) is 0 Å². The Hall–Kier alpha value is -1.90. The monoisotopic (exact) mass is 394 g/mol. The van der Waals surface area contributed by atoms with Gasteiger partial charge < -0.3 is 0 Å². The molecule has 0 amide bonds. The number of benzene rings is 2. The molecule has 140 valence electrons. The van der Waals surface area contributed by atoms with Gasteiger partial charge in [0.15, 0.2) is 0 Å². The summed E-state index contributed by atoms with van der Waals surface area (Å²) in [5, 5.41) is 0. The third-order valence-electron chi connectivity index (χ3n) is 4.32. The van der Waals surface area contributed by atoms with Crippen molar-refractivity contribution in [2.75, 3.05) is 4.72 Å². The lowest BCUT2D eigenvalue weighted by molar-refractivity contribution is 0.580. The summed E-state index contributed by atoms with van der Waals surface area (Å²) in [5.41, 5.74) is 2.31. The van der Waals surface area contributed by atoms with Gasteiger partial charge in [-0.25, -0.2) is 21.6 Å². The Morgan fingerprint density at radius 2 is 1.50 bits per heavy atom. The van der Waals surface area contributed by atoms with Gasteiger partial charge in [-0.15, -0.1) is 0 Å². The number of sulfonamides is 2. The minimum atomic E-state index is -3.81. The number of hydrogen-bond acceptors (Lipinski definition) is 4. The molecular formula is C18H22N2O4S2. The van der Waals surface area contributed by atoms with E-state index >= 15 is 0 Å². The molecule has 2 aromatic rings. The van der Waals surface area contributed by atoms with Crippen molar-refractivity contribution in [1.82, 2.24) is 4.72 Å². The number of hydrogen-bond donors (Lipinski definition) is 2. The van der Waals surface area contributed by atoms with Gasteiger partial charge >= 0.3 is 0 Å². The summed E-state index contributed by atoms with van der Waals surface area (Å²) in [6.07, 6.45) is 2.38. The third-order valence-corrected chi connectivity index (χ3v) is 7.22. The third kappa shape index (κ3) is 4.08. The highest BCUT2D eigenvalue weighted by Gasteiger charge is 2.28. The van der Waals surface area contributed by atoms with E-state index in [2.05, 4.69) is 9.44 Å². The Labute approximate surface area is 154 Å². The fourth-order valence-corrected chi connectivity index (χ4v) is 5.13. The molecule has 0 radical (unpaired) electrons. The molecule has 3 rings (SSSR count). The van der Waals surface area contributed by atoms with Crippen LogP contribution in [0.4, 0.5) is 5.69 Å². The number of anilines is 1. The van der Waals surface area contributed by atoms with Gasteiger partial charge in [-0.1, -0.05) is 25.1 Å². The molecular weight excluding hydrogens is 372 g/mol. The molecule has 0 atom stereocenters. The van der Waals surface area contributed by atoms with Gasteiger partial charge in [0, 0.05) is 6.04 Å². The van der Waals surface area contributed by atoms with Crippen LogP contribution in [0.5, 0.6) is 0 Å². The van der Waals surface area contributed by atoms with Crippen LogP contribution in [-0.4, -0.2) is 22.9 Å². The molecule has 0 unspecified atom stereocenters. The molecule has 0 heterocycles. The van der Waals surface area contributed by atoms with Crippen molar-refractivity contribution >= 4 is 25.7 Å². The molecule has 0 spiro atoms. The molecule has 1 saturated carbocycles. The van der Waals surface area contributed by atoms with Crippen LogP contribution < -0.4 is 9.44 Å². The molecule has 1 fully saturated rings. The minimum absolute atomic E-state index is 0.00130. The van der Waals surface area contributed by atoms with Crippen LogP contribution in [0.2, 0.25) is 0 Å². The zero-order valence-electron chi connectivity index (χ0n) is 14.7. The van der Waals surface area contributed by atoms with Gasteiger partial charge in [0.1, 0.15) is 0 Å². The summed E-state index contributed by atoms with van der Waals surface area (Å²) >= 11 is 0. The van der Waals surface area contributed by atoms with E-state index in [0.29, 0.717) is 12.1 Å². The Morgan fingerprint density at radius 1 is 0.923 bits per heavy atom. The maximum absolute atomic E-state index is 12.7. The van der Waals surface area contributed by atoms with E-state index in [1.807, 2.05) is 32.0 Å². The molecule has 2 aromatic carbocycles. The fraction of sp³-hybridized carbons (Fsp3) is 0.333. The van der Waals surface area contributed by atoms with Gasteiger partial charge in [-0.2, -0.15) is 0 Å². The first-order valence-corrected chi connectivity index (χ1v) is 11.4. The first kappa shape index (κ1) is 18.9. The summed E-state index contributed by atoms with van der Waals surface area (Å²) < 4.78 is 55.0. The molecule has 8 heteroatoms. The Bertz CT molecular complexity index is 1010. The Kier molecular flexibility index (Phi) is 5.09. The number of nitrogens with one attached hydrogen (secondary N) is 2. The lowest BCUT2D eigenvalue weighted by atomic mass is 10.1. The Balaban J connectivity index is 1.86. The lowest BCUT2D eigenvalue weighted by Gasteiger charge is -2.14. The van der Waals surface area contributed by atoms with E-state index in [9.17, 15) is 16.8 Å². The van der Waals surface area contributed by atoms with Crippen LogP contribution >= 0.6 is 0 Å². The minimum Gasteiger partial charge on any atom is -0.279 e. The van der Waals surface area contributed by atoms with Crippen LogP contribution in [0.1, 0.15) is 30.9 Å². The smallest absolute Gasteiger partial charge is 0.261 e. The van der Waals surface area contributed by atoms with E-state index < -0.39 is 20.0 Å². The maximum atomic E-state index is 12.7. The molecule has 1 aliphatic rings. The number of rotatable bonds is 7. The van der Waals surface area contributed by atoms with E-state index in [0.717, 1.165) is 24.0 Å². The average Bonchev–Trinajstić information content (AvgIpc) is 3.40. The summed E-state index contributed by atoms with van der Waals surface area (Å²) in [7, 11) is -7.41. The normalized spacial score (nSPS) is 15.0. The van der Waals surface area contributed by atoms with E-state index in [1.54, 1.807) is 0 Å². The molecule has 1 aliphatic carbocycles. The summed E-state index contributed by atoms with van der Waals surface area (Å²) in [6.45, 7) is 3.80. The SMILES string of the molecule is CCc1cccc(C)c1NS(=O)(=O)c1ccc(S(=O)(=O)NC2CC2)cc1. The maximum Gasteiger partial charge on any atom is 0.261 e. The lowest BCUT2D eigenvalue weighted by Crippen LogP contribution is -2.25. The van der Waals surface area contributed by atoms with Crippen LogP contribution in [0.3, 0.4) is 0 Å². The molecule has 0 aliphatic heterocycles. The largest absolute Gasteiger partial charge is 0.279 e. The zero-order chi connectivity index (χ0) is 18.9. The fourth-order valence-electron chi connectivity index (χ4n) is 2.65. The quantitative estimate of drug-likeness (QED) is 0.755. The van der Waals surface area contributed by atoms with Crippen molar-refractivity contribution in [3.05, 3.63) is 53.6 Å². The predicted molar refractivity (Wildman–Crippen MR) is 101 cm³/mol. The highest BCUT2D eigenvalue weighted by molar-refractivity contribution is 7.92. The molecule has 0 bridgehead atoms. The summed E-state index contributed by atoms with van der Waals surface area (Å²) in [5.74, 6) is 0. The van der Waals surface area contributed by atoms with Gasteiger partial charge in [-0.3, -0.25) is 4.72 Å². The Morgan fingerprint density at radius 3 is 2.04 bits per heavy atom. The summed E-state index contributed by atoms with van der Waals surface area (Å²) in [4.78, 5) is 0.0849. The van der Waals surface area contributed by atoms with E-state index in [-0.39, 0.29) is 15.8 Å². The average molecular weight is 395 g/mol. The van der Waals surface area contributed by atoms with Crippen molar-refractivity contribution in [2.24, 2.45) is 0 Å². The first-order chi connectivity index (χ1) is 12.2. The standard InChI is InChI=1S/C18H22N2O4S2/c1-3-14-6-4-5-13(2)18(14)20-26(23,24)17-11-9-16(10-12-17)25(21,22)19-15-7-8-15/h4-6,9-12,15,19-20H,3,7-8H2,1-2H3. The number of para-hydroxylation sites is 1. The van der Waals surface area contributed by atoms with Gasteiger partial charge in [0.2, 0.25) is 10.0 Å². The van der Waals surface area contributed by atoms with Gasteiger partial charge in [-0.05, 0) is 61.6 Å². The van der Waals surface area contributed by atoms with Crippen LogP contribution in [0, 0.1) is 6.92 Å². The second-order valence-electron chi connectivity index (χ2n) is 6.44. The second-order valence-corrected chi connectivity index (χ2v) is 9.83. The number of aryl methyl sites for hydroxylation is 2. The molecule has 6 nitrogen and oxygen atoms in total.